The van der Waals surface area contributed by atoms with Crippen molar-refractivity contribution in [3.05, 3.63) is 28.8 Å². The maximum atomic E-state index is 8.86. The van der Waals surface area contributed by atoms with Crippen LogP contribution in [-0.2, 0) is 0 Å². The minimum atomic E-state index is 0.0780. The van der Waals surface area contributed by atoms with E-state index in [-0.39, 0.29) is 5.84 Å². The molecule has 0 heterocycles. The molecule has 0 aliphatic rings. The molecule has 0 bridgehead atoms. The second kappa shape index (κ2) is 6.50. The molecule has 1 atom stereocenters. The van der Waals surface area contributed by atoms with E-state index in [9.17, 15) is 0 Å². The molecule has 0 aromatic heterocycles. The summed E-state index contributed by atoms with van der Waals surface area (Å²) in [6.07, 6.45) is 1.02. The van der Waals surface area contributed by atoms with Crippen LogP contribution in [-0.4, -0.2) is 23.6 Å². The van der Waals surface area contributed by atoms with Crippen LogP contribution in [0.1, 0.15) is 32.8 Å². The van der Waals surface area contributed by atoms with Gasteiger partial charge in [-0.05, 0) is 38.5 Å². The van der Waals surface area contributed by atoms with Crippen molar-refractivity contribution < 1.29 is 5.21 Å². The summed E-state index contributed by atoms with van der Waals surface area (Å²) in [5, 5.41) is 12.5. The van der Waals surface area contributed by atoms with Crippen molar-refractivity contribution in [1.82, 2.24) is 0 Å². The van der Waals surface area contributed by atoms with E-state index in [1.54, 1.807) is 6.07 Å². The predicted octanol–water partition coefficient (Wildman–Crippen LogP) is 3.06. The fourth-order valence-corrected chi connectivity index (χ4v) is 2.13. The fraction of sp³-hybridized carbons (Fsp3) is 0.462. The highest BCUT2D eigenvalue weighted by molar-refractivity contribution is 6.31. The normalized spacial score (nSPS) is 13.4. The van der Waals surface area contributed by atoms with Gasteiger partial charge >= 0.3 is 0 Å². The summed E-state index contributed by atoms with van der Waals surface area (Å²) in [6, 6.07) is 5.82. The zero-order valence-electron chi connectivity index (χ0n) is 11.0. The summed E-state index contributed by atoms with van der Waals surface area (Å²) < 4.78 is 0. The molecule has 1 aromatic rings. The molecule has 0 spiro atoms. The minimum Gasteiger partial charge on any atom is -0.409 e. The van der Waals surface area contributed by atoms with Crippen LogP contribution < -0.4 is 10.6 Å². The van der Waals surface area contributed by atoms with Crippen molar-refractivity contribution in [2.75, 3.05) is 11.4 Å². The average Bonchev–Trinajstić information content (AvgIpc) is 2.39. The highest BCUT2D eigenvalue weighted by Gasteiger charge is 2.17. The Hall–Kier alpha value is -1.42. The molecule has 18 heavy (non-hydrogen) atoms. The van der Waals surface area contributed by atoms with E-state index in [1.807, 2.05) is 12.1 Å². The fourth-order valence-electron chi connectivity index (χ4n) is 1.96. The van der Waals surface area contributed by atoms with Gasteiger partial charge in [-0.15, -0.1) is 0 Å². The Bertz CT molecular complexity index is 434. The van der Waals surface area contributed by atoms with Crippen molar-refractivity contribution in [1.29, 1.82) is 0 Å². The van der Waals surface area contributed by atoms with Gasteiger partial charge in [-0.2, -0.15) is 0 Å². The number of amidine groups is 1. The highest BCUT2D eigenvalue weighted by Crippen LogP contribution is 2.26. The number of hydrogen-bond acceptors (Lipinski definition) is 3. The second-order valence-electron chi connectivity index (χ2n) is 4.19. The van der Waals surface area contributed by atoms with Crippen molar-refractivity contribution in [3.63, 3.8) is 0 Å². The molecule has 100 valence electrons. The lowest BCUT2D eigenvalue weighted by Crippen LogP contribution is -2.34. The van der Waals surface area contributed by atoms with Gasteiger partial charge in [-0.1, -0.05) is 23.7 Å². The maximum Gasteiger partial charge on any atom is 0.172 e. The zero-order chi connectivity index (χ0) is 13.7. The Kier molecular flexibility index (Phi) is 5.28. The third kappa shape index (κ3) is 3.07. The zero-order valence-corrected chi connectivity index (χ0v) is 11.8. The van der Waals surface area contributed by atoms with Crippen molar-refractivity contribution in [2.24, 2.45) is 10.9 Å². The molecule has 0 radical (unpaired) electrons. The van der Waals surface area contributed by atoms with Gasteiger partial charge in [0.1, 0.15) is 0 Å². The van der Waals surface area contributed by atoms with E-state index in [0.717, 1.165) is 18.7 Å². The van der Waals surface area contributed by atoms with Gasteiger partial charge in [0.25, 0.3) is 0 Å². The Labute approximate surface area is 113 Å². The molecule has 1 unspecified atom stereocenters. The lowest BCUT2D eigenvalue weighted by atomic mass is 10.1. The van der Waals surface area contributed by atoms with Gasteiger partial charge in [-0.3, -0.25) is 0 Å². The topological polar surface area (TPSA) is 61.8 Å². The Morgan fingerprint density at radius 3 is 2.67 bits per heavy atom. The van der Waals surface area contributed by atoms with E-state index in [4.69, 9.17) is 22.5 Å². The molecule has 0 fully saturated rings. The van der Waals surface area contributed by atoms with Crippen LogP contribution in [0.15, 0.2) is 23.4 Å². The van der Waals surface area contributed by atoms with Gasteiger partial charge in [0.2, 0.25) is 0 Å². The summed E-state index contributed by atoms with van der Waals surface area (Å²) in [4.78, 5) is 2.21. The van der Waals surface area contributed by atoms with E-state index in [2.05, 4.69) is 30.8 Å². The third-order valence-electron chi connectivity index (χ3n) is 3.12. The van der Waals surface area contributed by atoms with Crippen LogP contribution in [0.3, 0.4) is 0 Å². The summed E-state index contributed by atoms with van der Waals surface area (Å²) in [7, 11) is 0. The van der Waals surface area contributed by atoms with Crippen LogP contribution in [0.25, 0.3) is 0 Å². The molecule has 0 aliphatic carbocycles. The molecule has 5 heteroatoms. The lowest BCUT2D eigenvalue weighted by molar-refractivity contribution is 0.318. The first-order chi connectivity index (χ1) is 8.54. The number of nitrogens with zero attached hydrogens (tertiary/aromatic N) is 2. The van der Waals surface area contributed by atoms with Crippen LogP contribution in [0, 0.1) is 0 Å². The van der Waals surface area contributed by atoms with Gasteiger partial charge < -0.3 is 15.8 Å². The van der Waals surface area contributed by atoms with E-state index in [1.165, 1.54) is 0 Å². The Morgan fingerprint density at radius 2 is 2.17 bits per heavy atom. The van der Waals surface area contributed by atoms with Crippen molar-refractivity contribution in [2.45, 2.75) is 33.2 Å². The molecule has 0 saturated heterocycles. The number of rotatable bonds is 5. The number of anilines is 1. The lowest BCUT2D eigenvalue weighted by Gasteiger charge is -2.31. The van der Waals surface area contributed by atoms with Gasteiger partial charge in [-0.25, -0.2) is 0 Å². The number of nitrogens with two attached hydrogens (primary N) is 1. The molecule has 3 N–H and O–H groups in total. The third-order valence-corrected chi connectivity index (χ3v) is 3.35. The van der Waals surface area contributed by atoms with Crippen LogP contribution in [0.2, 0.25) is 5.02 Å². The number of oxime groups is 1. The summed E-state index contributed by atoms with van der Waals surface area (Å²) in [6.45, 7) is 7.21. The number of halogens is 1. The molecule has 0 saturated carbocycles. The molecule has 4 nitrogen and oxygen atoms in total. The molecular weight excluding hydrogens is 250 g/mol. The second-order valence-corrected chi connectivity index (χ2v) is 4.63. The van der Waals surface area contributed by atoms with E-state index < -0.39 is 0 Å². The Balaban J connectivity index is 3.29. The highest BCUT2D eigenvalue weighted by atomic mass is 35.5. The largest absolute Gasteiger partial charge is 0.409 e. The summed E-state index contributed by atoms with van der Waals surface area (Å²) in [5.41, 5.74) is 7.31. The minimum absolute atomic E-state index is 0.0780. The maximum absolute atomic E-state index is 8.86. The van der Waals surface area contributed by atoms with Crippen LogP contribution in [0.5, 0.6) is 0 Å². The predicted molar refractivity (Wildman–Crippen MR) is 76.7 cm³/mol. The first-order valence-electron chi connectivity index (χ1n) is 6.09. The summed E-state index contributed by atoms with van der Waals surface area (Å²) in [5.74, 6) is 0.0780. The van der Waals surface area contributed by atoms with Crippen molar-refractivity contribution >= 4 is 23.1 Å². The average molecular weight is 270 g/mol. The standard InChI is InChI=1S/C13H20ClN3O/c1-4-9(3)17(5-2)12-7-6-10(14)8-11(12)13(15)16-18/h6-9,18H,4-5H2,1-3H3,(H2,15,16). The Morgan fingerprint density at radius 1 is 1.50 bits per heavy atom. The van der Waals surface area contributed by atoms with Crippen LogP contribution in [0.4, 0.5) is 5.69 Å². The molecule has 1 aromatic carbocycles. The molecule has 0 aliphatic heterocycles. The smallest absolute Gasteiger partial charge is 0.172 e. The first-order valence-corrected chi connectivity index (χ1v) is 6.47. The molecule has 1 rings (SSSR count). The van der Waals surface area contributed by atoms with Gasteiger partial charge in [0.05, 0.1) is 0 Å². The van der Waals surface area contributed by atoms with Crippen molar-refractivity contribution in [3.8, 4) is 0 Å². The number of benzene rings is 1. The monoisotopic (exact) mass is 269 g/mol. The SMILES string of the molecule is CCC(C)N(CC)c1ccc(Cl)cc1/C(N)=N/O. The van der Waals surface area contributed by atoms with E-state index >= 15 is 0 Å². The van der Waals surface area contributed by atoms with Gasteiger partial charge in [0, 0.05) is 28.9 Å². The number of hydrogen-bond donors (Lipinski definition) is 2. The quantitative estimate of drug-likeness (QED) is 0.374. The summed E-state index contributed by atoms with van der Waals surface area (Å²) >= 11 is 5.97. The van der Waals surface area contributed by atoms with Crippen LogP contribution >= 0.6 is 11.6 Å². The van der Waals surface area contributed by atoms with Gasteiger partial charge in [0.15, 0.2) is 5.84 Å². The first kappa shape index (κ1) is 14.6. The molecular formula is C13H20ClN3O. The van der Waals surface area contributed by atoms with E-state index in [0.29, 0.717) is 16.6 Å². The molecule has 0 amide bonds.